The maximum atomic E-state index is 11.8. The van der Waals surface area contributed by atoms with Gasteiger partial charge in [-0.2, -0.15) is 0 Å². The van der Waals surface area contributed by atoms with Crippen molar-refractivity contribution in [1.29, 1.82) is 0 Å². The van der Waals surface area contributed by atoms with Crippen molar-refractivity contribution in [3.05, 3.63) is 42.0 Å². The highest BCUT2D eigenvalue weighted by molar-refractivity contribution is 5.91. The molecule has 3 nitrogen and oxygen atoms in total. The van der Waals surface area contributed by atoms with Gasteiger partial charge in [0.05, 0.1) is 0 Å². The number of hydrogen-bond donors (Lipinski definition) is 1. The summed E-state index contributed by atoms with van der Waals surface area (Å²) in [4.78, 5) is 13.5. The van der Waals surface area contributed by atoms with E-state index in [-0.39, 0.29) is 12.5 Å². The zero-order valence-electron chi connectivity index (χ0n) is 10.9. The van der Waals surface area contributed by atoms with Gasteiger partial charge in [-0.1, -0.05) is 30.3 Å². The standard InChI is InChI=1S/C15H21NO2/c1-16(12-6-3-7-13-17)15(18)11-10-14-8-4-2-5-9-14/h2,4-5,8-11,17H,3,6-7,12-13H2,1H3/b11-10+. The first-order chi connectivity index (χ1) is 8.74. The lowest BCUT2D eigenvalue weighted by atomic mass is 10.2. The number of unbranched alkanes of at least 4 members (excludes halogenated alkanes) is 2. The van der Waals surface area contributed by atoms with Crippen LogP contribution in [0.15, 0.2) is 36.4 Å². The third kappa shape index (κ3) is 5.64. The third-order valence-electron chi connectivity index (χ3n) is 2.75. The fourth-order valence-electron chi connectivity index (χ4n) is 1.61. The van der Waals surface area contributed by atoms with Crippen LogP contribution in [0.5, 0.6) is 0 Å². The summed E-state index contributed by atoms with van der Waals surface area (Å²) < 4.78 is 0. The first-order valence-corrected chi connectivity index (χ1v) is 6.33. The van der Waals surface area contributed by atoms with E-state index in [2.05, 4.69) is 0 Å². The number of likely N-dealkylation sites (N-methyl/N-ethyl adjacent to an activating group) is 1. The number of nitrogens with zero attached hydrogens (tertiary/aromatic N) is 1. The van der Waals surface area contributed by atoms with E-state index in [9.17, 15) is 4.79 Å². The first kappa shape index (κ1) is 14.5. The molecule has 0 heterocycles. The van der Waals surface area contributed by atoms with Crippen LogP contribution in [0.3, 0.4) is 0 Å². The van der Waals surface area contributed by atoms with Crippen molar-refractivity contribution in [3.63, 3.8) is 0 Å². The monoisotopic (exact) mass is 247 g/mol. The van der Waals surface area contributed by atoms with Gasteiger partial charge in [-0.15, -0.1) is 0 Å². The number of carbonyl (C=O) groups is 1. The molecule has 0 aliphatic rings. The molecular weight excluding hydrogens is 226 g/mol. The molecule has 0 aromatic heterocycles. The summed E-state index contributed by atoms with van der Waals surface area (Å²) in [5.74, 6) is 0.0165. The van der Waals surface area contributed by atoms with E-state index in [4.69, 9.17) is 5.11 Å². The van der Waals surface area contributed by atoms with Gasteiger partial charge in [0.1, 0.15) is 0 Å². The molecule has 0 radical (unpaired) electrons. The molecule has 0 aliphatic heterocycles. The number of aliphatic hydroxyl groups is 1. The molecule has 1 aromatic carbocycles. The number of amides is 1. The minimum absolute atomic E-state index is 0.0165. The highest BCUT2D eigenvalue weighted by Gasteiger charge is 2.03. The summed E-state index contributed by atoms with van der Waals surface area (Å²) in [5.41, 5.74) is 1.03. The second-order valence-electron chi connectivity index (χ2n) is 4.29. The van der Waals surface area contributed by atoms with Crippen molar-refractivity contribution in [2.45, 2.75) is 19.3 Å². The van der Waals surface area contributed by atoms with Gasteiger partial charge in [0.15, 0.2) is 0 Å². The second kappa shape index (κ2) is 8.48. The van der Waals surface area contributed by atoms with Gasteiger partial charge in [0, 0.05) is 26.3 Å². The van der Waals surface area contributed by atoms with Crippen LogP contribution in [0.1, 0.15) is 24.8 Å². The number of hydrogen-bond acceptors (Lipinski definition) is 2. The van der Waals surface area contributed by atoms with E-state index >= 15 is 0 Å². The maximum Gasteiger partial charge on any atom is 0.246 e. The Morgan fingerprint density at radius 3 is 2.61 bits per heavy atom. The number of rotatable bonds is 7. The van der Waals surface area contributed by atoms with Crippen molar-refractivity contribution >= 4 is 12.0 Å². The molecule has 0 unspecified atom stereocenters. The Labute approximate surface area is 109 Å². The van der Waals surface area contributed by atoms with Gasteiger partial charge in [-0.05, 0) is 30.9 Å². The largest absolute Gasteiger partial charge is 0.396 e. The Morgan fingerprint density at radius 2 is 1.94 bits per heavy atom. The number of aliphatic hydroxyl groups excluding tert-OH is 1. The summed E-state index contributed by atoms with van der Waals surface area (Å²) in [6.45, 7) is 0.962. The van der Waals surface area contributed by atoms with E-state index in [0.29, 0.717) is 0 Å². The molecule has 1 amide bonds. The van der Waals surface area contributed by atoms with Gasteiger partial charge >= 0.3 is 0 Å². The van der Waals surface area contributed by atoms with Crippen molar-refractivity contribution in [3.8, 4) is 0 Å². The lowest BCUT2D eigenvalue weighted by Crippen LogP contribution is -2.25. The molecule has 18 heavy (non-hydrogen) atoms. The zero-order valence-corrected chi connectivity index (χ0v) is 10.9. The van der Waals surface area contributed by atoms with Crippen LogP contribution < -0.4 is 0 Å². The average molecular weight is 247 g/mol. The average Bonchev–Trinajstić information content (AvgIpc) is 2.42. The predicted octanol–water partition coefficient (Wildman–Crippen LogP) is 2.32. The summed E-state index contributed by atoms with van der Waals surface area (Å²) >= 11 is 0. The zero-order chi connectivity index (χ0) is 13.2. The molecule has 0 spiro atoms. The Bertz CT molecular complexity index is 373. The van der Waals surface area contributed by atoms with Gasteiger partial charge in [0.2, 0.25) is 5.91 Å². The summed E-state index contributed by atoms with van der Waals surface area (Å²) in [6.07, 6.45) is 6.12. The quantitative estimate of drug-likeness (QED) is 0.593. The molecule has 1 rings (SSSR count). The molecule has 1 aromatic rings. The molecular formula is C15H21NO2. The molecule has 0 saturated carbocycles. The summed E-state index contributed by atoms with van der Waals surface area (Å²) in [7, 11) is 1.80. The van der Waals surface area contributed by atoms with Crippen molar-refractivity contribution < 1.29 is 9.90 Å². The van der Waals surface area contributed by atoms with Crippen molar-refractivity contribution in [2.24, 2.45) is 0 Å². The molecule has 0 aliphatic carbocycles. The molecule has 98 valence electrons. The number of benzene rings is 1. The fraction of sp³-hybridized carbons (Fsp3) is 0.400. The van der Waals surface area contributed by atoms with Gasteiger partial charge < -0.3 is 10.0 Å². The molecule has 0 fully saturated rings. The lowest BCUT2D eigenvalue weighted by molar-refractivity contribution is -0.124. The minimum atomic E-state index is 0.0165. The highest BCUT2D eigenvalue weighted by Crippen LogP contribution is 2.02. The highest BCUT2D eigenvalue weighted by atomic mass is 16.2. The number of carbonyl (C=O) groups excluding carboxylic acids is 1. The Balaban J connectivity index is 2.33. The van der Waals surface area contributed by atoms with Crippen LogP contribution in [0.25, 0.3) is 6.08 Å². The van der Waals surface area contributed by atoms with Gasteiger partial charge in [0.25, 0.3) is 0 Å². The van der Waals surface area contributed by atoms with Crippen LogP contribution in [0.4, 0.5) is 0 Å². The maximum absolute atomic E-state index is 11.8. The Hall–Kier alpha value is -1.61. The molecule has 1 N–H and O–H groups in total. The molecule has 0 atom stereocenters. The first-order valence-electron chi connectivity index (χ1n) is 6.33. The Morgan fingerprint density at radius 1 is 1.22 bits per heavy atom. The fourth-order valence-corrected chi connectivity index (χ4v) is 1.61. The Kier molecular flexibility index (Phi) is 6.81. The van der Waals surface area contributed by atoms with Gasteiger partial charge in [-0.25, -0.2) is 0 Å². The third-order valence-corrected chi connectivity index (χ3v) is 2.75. The summed E-state index contributed by atoms with van der Waals surface area (Å²) in [5, 5.41) is 8.66. The smallest absolute Gasteiger partial charge is 0.246 e. The lowest BCUT2D eigenvalue weighted by Gasteiger charge is -2.14. The van der Waals surface area contributed by atoms with Crippen LogP contribution in [-0.2, 0) is 4.79 Å². The van der Waals surface area contributed by atoms with Crippen molar-refractivity contribution in [2.75, 3.05) is 20.2 Å². The summed E-state index contributed by atoms with van der Waals surface area (Å²) in [6, 6.07) is 9.77. The van der Waals surface area contributed by atoms with Gasteiger partial charge in [-0.3, -0.25) is 4.79 Å². The van der Waals surface area contributed by atoms with Crippen LogP contribution in [0, 0.1) is 0 Å². The van der Waals surface area contributed by atoms with E-state index < -0.39 is 0 Å². The van der Waals surface area contributed by atoms with E-state index in [1.807, 2.05) is 36.4 Å². The van der Waals surface area contributed by atoms with E-state index in [1.54, 1.807) is 18.0 Å². The minimum Gasteiger partial charge on any atom is -0.396 e. The van der Waals surface area contributed by atoms with E-state index in [0.717, 1.165) is 31.4 Å². The van der Waals surface area contributed by atoms with E-state index in [1.165, 1.54) is 0 Å². The van der Waals surface area contributed by atoms with Crippen LogP contribution >= 0.6 is 0 Å². The normalized spacial score (nSPS) is 10.8. The molecule has 3 heteroatoms. The van der Waals surface area contributed by atoms with Crippen LogP contribution in [-0.4, -0.2) is 36.1 Å². The van der Waals surface area contributed by atoms with Crippen molar-refractivity contribution in [1.82, 2.24) is 4.90 Å². The van der Waals surface area contributed by atoms with Crippen LogP contribution in [0.2, 0.25) is 0 Å². The second-order valence-corrected chi connectivity index (χ2v) is 4.29. The topological polar surface area (TPSA) is 40.5 Å². The SMILES string of the molecule is CN(CCCCCO)C(=O)/C=C/c1ccccc1. The predicted molar refractivity (Wildman–Crippen MR) is 74.0 cm³/mol. The molecule has 0 bridgehead atoms. The molecule has 0 saturated heterocycles.